The van der Waals surface area contributed by atoms with E-state index >= 15 is 0 Å². The zero-order valence-electron chi connectivity index (χ0n) is 10.6. The molecular formula is C12H24N2OS. The Kier molecular flexibility index (Phi) is 5.12. The number of nitrogens with two attached hydrogens (primary N) is 1. The lowest BCUT2D eigenvalue weighted by molar-refractivity contribution is -0.124. The molecule has 0 bridgehead atoms. The number of hydrogen-bond donors (Lipinski definition) is 2. The predicted octanol–water partition coefficient (Wildman–Crippen LogP) is 1.76. The second kappa shape index (κ2) is 5.92. The van der Waals surface area contributed by atoms with Gasteiger partial charge in [-0.1, -0.05) is 20.8 Å². The minimum absolute atomic E-state index is 0.179. The van der Waals surface area contributed by atoms with Crippen LogP contribution in [0, 0.1) is 5.92 Å². The number of likely N-dealkylation sites (N-methyl/N-ethyl adjacent to an activating group) is 1. The van der Waals surface area contributed by atoms with Crippen molar-refractivity contribution >= 4 is 17.7 Å². The second-order valence-corrected chi connectivity index (χ2v) is 6.40. The van der Waals surface area contributed by atoms with Gasteiger partial charge < -0.3 is 11.1 Å². The van der Waals surface area contributed by atoms with Gasteiger partial charge in [0.25, 0.3) is 0 Å². The third kappa shape index (κ3) is 3.39. The fraction of sp³-hybridized carbons (Fsp3) is 0.917. The Morgan fingerprint density at radius 3 is 2.81 bits per heavy atom. The molecule has 0 spiro atoms. The molecule has 1 rings (SSSR count). The summed E-state index contributed by atoms with van der Waals surface area (Å²) in [6, 6.07) is 0. The highest BCUT2D eigenvalue weighted by atomic mass is 32.2. The fourth-order valence-corrected chi connectivity index (χ4v) is 3.62. The van der Waals surface area contributed by atoms with Crippen LogP contribution in [0.1, 0.15) is 40.0 Å². The van der Waals surface area contributed by atoms with Gasteiger partial charge in [0, 0.05) is 5.25 Å². The summed E-state index contributed by atoms with van der Waals surface area (Å²) in [7, 11) is 0. The van der Waals surface area contributed by atoms with E-state index in [9.17, 15) is 4.79 Å². The summed E-state index contributed by atoms with van der Waals surface area (Å²) in [6.45, 7) is 7.30. The zero-order chi connectivity index (χ0) is 12.2. The lowest BCUT2D eigenvalue weighted by Crippen LogP contribution is -2.53. The molecule has 94 valence electrons. The summed E-state index contributed by atoms with van der Waals surface area (Å²) >= 11 is 1.99. The lowest BCUT2D eigenvalue weighted by atomic mass is 9.97. The molecule has 0 aromatic heterocycles. The molecule has 1 aliphatic carbocycles. The summed E-state index contributed by atoms with van der Waals surface area (Å²) in [6.07, 6.45) is 2.90. The fourth-order valence-electron chi connectivity index (χ4n) is 2.28. The Bertz CT molecular complexity index is 245. The van der Waals surface area contributed by atoms with Gasteiger partial charge in [-0.2, -0.15) is 11.8 Å². The third-order valence-electron chi connectivity index (χ3n) is 3.12. The number of nitrogens with one attached hydrogen (secondary N) is 1. The standard InChI is InChI=1S/C12H24N2OS/c1-4-14-12(11(13)15)6-5-10(7-12)16-8-9(2)3/h9-10,14H,4-8H2,1-3H3,(H2,13,15). The molecule has 1 fully saturated rings. The van der Waals surface area contributed by atoms with Crippen molar-refractivity contribution in [2.75, 3.05) is 12.3 Å². The van der Waals surface area contributed by atoms with Gasteiger partial charge in [0.1, 0.15) is 0 Å². The topological polar surface area (TPSA) is 55.1 Å². The quantitative estimate of drug-likeness (QED) is 0.748. The highest BCUT2D eigenvalue weighted by Gasteiger charge is 2.43. The number of amides is 1. The van der Waals surface area contributed by atoms with E-state index in [0.717, 1.165) is 25.8 Å². The maximum atomic E-state index is 11.5. The molecule has 0 aliphatic heterocycles. The molecule has 0 radical (unpaired) electrons. The first-order chi connectivity index (χ1) is 7.50. The summed E-state index contributed by atoms with van der Waals surface area (Å²) < 4.78 is 0. The van der Waals surface area contributed by atoms with Gasteiger partial charge in [-0.25, -0.2) is 0 Å². The highest BCUT2D eigenvalue weighted by Crippen LogP contribution is 2.37. The van der Waals surface area contributed by atoms with Gasteiger partial charge in [-0.05, 0) is 37.5 Å². The average molecular weight is 244 g/mol. The van der Waals surface area contributed by atoms with Gasteiger partial charge in [0.15, 0.2) is 0 Å². The largest absolute Gasteiger partial charge is 0.368 e. The predicted molar refractivity (Wildman–Crippen MR) is 70.5 cm³/mol. The van der Waals surface area contributed by atoms with E-state index in [-0.39, 0.29) is 5.91 Å². The number of carbonyl (C=O) groups is 1. The minimum atomic E-state index is -0.427. The summed E-state index contributed by atoms with van der Waals surface area (Å²) in [4.78, 5) is 11.5. The SMILES string of the molecule is CCNC1(C(N)=O)CCC(SCC(C)C)C1. The monoisotopic (exact) mass is 244 g/mol. The Balaban J connectivity index is 2.50. The van der Waals surface area contributed by atoms with Crippen LogP contribution >= 0.6 is 11.8 Å². The molecule has 0 aromatic rings. The maximum absolute atomic E-state index is 11.5. The van der Waals surface area contributed by atoms with Crippen molar-refractivity contribution in [2.24, 2.45) is 11.7 Å². The molecular weight excluding hydrogens is 220 g/mol. The maximum Gasteiger partial charge on any atom is 0.237 e. The van der Waals surface area contributed by atoms with Crippen LogP contribution in [0.15, 0.2) is 0 Å². The second-order valence-electron chi connectivity index (χ2n) is 5.07. The first-order valence-corrected chi connectivity index (χ1v) is 7.21. The van der Waals surface area contributed by atoms with E-state index in [1.807, 2.05) is 18.7 Å². The molecule has 3 N–H and O–H groups in total. The smallest absolute Gasteiger partial charge is 0.237 e. The molecule has 2 atom stereocenters. The van der Waals surface area contributed by atoms with Gasteiger partial charge in [0.05, 0.1) is 5.54 Å². The van der Waals surface area contributed by atoms with E-state index in [0.29, 0.717) is 11.2 Å². The Hall–Kier alpha value is -0.220. The number of primary amides is 1. The number of hydrogen-bond acceptors (Lipinski definition) is 3. The van der Waals surface area contributed by atoms with Gasteiger partial charge in [0.2, 0.25) is 5.91 Å². The Morgan fingerprint density at radius 2 is 2.31 bits per heavy atom. The molecule has 16 heavy (non-hydrogen) atoms. The number of carbonyl (C=O) groups excluding carboxylic acids is 1. The molecule has 0 heterocycles. The summed E-state index contributed by atoms with van der Waals surface area (Å²) in [5.41, 5.74) is 5.10. The van der Waals surface area contributed by atoms with Gasteiger partial charge in [-0.15, -0.1) is 0 Å². The van der Waals surface area contributed by atoms with Gasteiger partial charge in [-0.3, -0.25) is 4.79 Å². The minimum Gasteiger partial charge on any atom is -0.368 e. The van der Waals surface area contributed by atoms with Crippen molar-refractivity contribution in [3.05, 3.63) is 0 Å². The Labute approximate surface area is 103 Å². The van der Waals surface area contributed by atoms with Crippen LogP contribution in [0.2, 0.25) is 0 Å². The van der Waals surface area contributed by atoms with Crippen LogP contribution in [0.25, 0.3) is 0 Å². The van der Waals surface area contributed by atoms with Crippen LogP contribution in [0.3, 0.4) is 0 Å². The van der Waals surface area contributed by atoms with Crippen molar-refractivity contribution in [3.8, 4) is 0 Å². The molecule has 4 heteroatoms. The molecule has 1 aliphatic rings. The van der Waals surface area contributed by atoms with E-state index < -0.39 is 5.54 Å². The first-order valence-electron chi connectivity index (χ1n) is 6.16. The van der Waals surface area contributed by atoms with Gasteiger partial charge >= 0.3 is 0 Å². The van der Waals surface area contributed by atoms with E-state index in [1.54, 1.807) is 0 Å². The van der Waals surface area contributed by atoms with Crippen LogP contribution in [-0.2, 0) is 4.79 Å². The molecule has 1 amide bonds. The number of thioether (sulfide) groups is 1. The van der Waals surface area contributed by atoms with E-state index in [1.165, 1.54) is 5.75 Å². The Morgan fingerprint density at radius 1 is 1.62 bits per heavy atom. The van der Waals surface area contributed by atoms with Crippen LogP contribution in [0.4, 0.5) is 0 Å². The van der Waals surface area contributed by atoms with Crippen molar-refractivity contribution in [1.82, 2.24) is 5.32 Å². The zero-order valence-corrected chi connectivity index (χ0v) is 11.4. The number of rotatable bonds is 6. The van der Waals surface area contributed by atoms with Crippen LogP contribution in [0.5, 0.6) is 0 Å². The summed E-state index contributed by atoms with van der Waals surface area (Å²) in [5.74, 6) is 1.71. The van der Waals surface area contributed by atoms with Crippen molar-refractivity contribution in [3.63, 3.8) is 0 Å². The third-order valence-corrected chi connectivity index (χ3v) is 4.85. The normalized spacial score (nSPS) is 29.9. The molecule has 2 unspecified atom stereocenters. The molecule has 0 aromatic carbocycles. The van der Waals surface area contributed by atoms with Crippen LogP contribution < -0.4 is 11.1 Å². The summed E-state index contributed by atoms with van der Waals surface area (Å²) in [5, 5.41) is 3.88. The average Bonchev–Trinajstić information content (AvgIpc) is 2.60. The molecule has 0 saturated heterocycles. The first kappa shape index (κ1) is 13.8. The van der Waals surface area contributed by atoms with Crippen molar-refractivity contribution in [1.29, 1.82) is 0 Å². The lowest BCUT2D eigenvalue weighted by Gasteiger charge is -2.26. The van der Waals surface area contributed by atoms with E-state index in [2.05, 4.69) is 19.2 Å². The molecule has 1 saturated carbocycles. The van der Waals surface area contributed by atoms with Crippen LogP contribution in [-0.4, -0.2) is 29.0 Å². The molecule has 3 nitrogen and oxygen atoms in total. The van der Waals surface area contributed by atoms with E-state index in [4.69, 9.17) is 5.73 Å². The van der Waals surface area contributed by atoms with Crippen molar-refractivity contribution in [2.45, 2.75) is 50.8 Å². The van der Waals surface area contributed by atoms with Crippen molar-refractivity contribution < 1.29 is 4.79 Å². The highest BCUT2D eigenvalue weighted by molar-refractivity contribution is 7.99.